The summed E-state index contributed by atoms with van der Waals surface area (Å²) in [6.45, 7) is 6.02. The Labute approximate surface area is 211 Å². The van der Waals surface area contributed by atoms with Crippen LogP contribution in [0.25, 0.3) is 0 Å². The first-order valence-electron chi connectivity index (χ1n) is 12.4. The fourth-order valence-corrected chi connectivity index (χ4v) is 5.59. The summed E-state index contributed by atoms with van der Waals surface area (Å²) in [6, 6.07) is 27.9. The molecule has 4 aromatic rings. The summed E-state index contributed by atoms with van der Waals surface area (Å²) < 4.78 is 12.8. The number of carbonyl (C=O) groups excluding carboxylic acids is 1. The van der Waals surface area contributed by atoms with Crippen LogP contribution >= 0.6 is 0 Å². The van der Waals surface area contributed by atoms with Crippen molar-refractivity contribution < 1.29 is 14.3 Å². The second-order valence-corrected chi connectivity index (χ2v) is 9.24. The van der Waals surface area contributed by atoms with Gasteiger partial charge in [-0.2, -0.15) is 0 Å². The van der Waals surface area contributed by atoms with Crippen LogP contribution in [-0.4, -0.2) is 19.1 Å². The molecule has 180 valence electrons. The van der Waals surface area contributed by atoms with Gasteiger partial charge in [-0.05, 0) is 55.7 Å². The maximum Gasteiger partial charge on any atom is 0.340 e. The third-order valence-corrected chi connectivity index (χ3v) is 7.35. The van der Waals surface area contributed by atoms with E-state index < -0.39 is 5.60 Å². The van der Waals surface area contributed by atoms with Crippen molar-refractivity contribution in [2.75, 3.05) is 23.7 Å². The van der Waals surface area contributed by atoms with E-state index in [-0.39, 0.29) is 5.97 Å². The molecule has 4 aromatic carbocycles. The van der Waals surface area contributed by atoms with Gasteiger partial charge in [-0.1, -0.05) is 54.6 Å². The van der Waals surface area contributed by atoms with Gasteiger partial charge in [-0.25, -0.2) is 4.79 Å². The number of nitrogens with zero attached hydrogens (tertiary/aromatic N) is 1. The molecular weight excluding hydrogens is 448 g/mol. The molecule has 0 saturated heterocycles. The molecule has 36 heavy (non-hydrogen) atoms. The van der Waals surface area contributed by atoms with Gasteiger partial charge in [0, 0.05) is 41.7 Å². The second kappa shape index (κ2) is 8.45. The molecule has 2 N–H and O–H groups in total. The highest BCUT2D eigenvalue weighted by Gasteiger charge is 2.54. The molecule has 2 aliphatic heterocycles. The molecule has 1 spiro atoms. The molecule has 5 nitrogen and oxygen atoms in total. The van der Waals surface area contributed by atoms with Gasteiger partial charge in [-0.3, -0.25) is 0 Å². The van der Waals surface area contributed by atoms with Gasteiger partial charge >= 0.3 is 5.97 Å². The average molecular weight is 477 g/mol. The smallest absolute Gasteiger partial charge is 0.340 e. The summed E-state index contributed by atoms with van der Waals surface area (Å²) in [6.07, 6.45) is 0.666. The van der Waals surface area contributed by atoms with Crippen molar-refractivity contribution in [1.82, 2.24) is 0 Å². The maximum absolute atomic E-state index is 13.2. The van der Waals surface area contributed by atoms with E-state index in [1.165, 1.54) is 0 Å². The number of hydrogen-bond acceptors (Lipinski definition) is 5. The van der Waals surface area contributed by atoms with Crippen LogP contribution in [0.1, 0.15) is 52.0 Å². The Morgan fingerprint density at radius 1 is 0.833 bits per heavy atom. The minimum Gasteiger partial charge on any atom is -0.456 e. The zero-order valence-electron chi connectivity index (χ0n) is 20.5. The van der Waals surface area contributed by atoms with Crippen LogP contribution in [0, 0.1) is 0 Å². The Morgan fingerprint density at radius 2 is 1.58 bits per heavy atom. The lowest BCUT2D eigenvalue weighted by molar-refractivity contribution is 0.0227. The number of ether oxygens (including phenoxy) is 2. The highest BCUT2D eigenvalue weighted by Crippen LogP contribution is 2.58. The largest absolute Gasteiger partial charge is 0.456 e. The number of nitrogen functional groups attached to an aromatic ring is 1. The second-order valence-electron chi connectivity index (χ2n) is 9.24. The monoisotopic (exact) mass is 476 g/mol. The van der Waals surface area contributed by atoms with E-state index in [2.05, 4.69) is 36.9 Å². The Morgan fingerprint density at radius 3 is 2.36 bits per heavy atom. The summed E-state index contributed by atoms with van der Waals surface area (Å²) >= 11 is 0. The van der Waals surface area contributed by atoms with Crippen LogP contribution in [0.2, 0.25) is 0 Å². The zero-order valence-corrected chi connectivity index (χ0v) is 20.5. The van der Waals surface area contributed by atoms with Gasteiger partial charge < -0.3 is 20.1 Å². The lowest BCUT2D eigenvalue weighted by Gasteiger charge is -2.38. The third-order valence-electron chi connectivity index (χ3n) is 7.35. The number of esters is 1. The lowest BCUT2D eigenvalue weighted by atomic mass is 9.76. The number of nitrogens with two attached hydrogens (primary N) is 1. The van der Waals surface area contributed by atoms with Gasteiger partial charge in [-0.15, -0.1) is 0 Å². The highest BCUT2D eigenvalue weighted by molar-refractivity contribution is 5.97. The first-order chi connectivity index (χ1) is 17.6. The number of anilines is 2. The molecular formula is C31H28N2O3. The van der Waals surface area contributed by atoms with E-state index in [0.29, 0.717) is 34.7 Å². The van der Waals surface area contributed by atoms with E-state index in [9.17, 15) is 4.79 Å². The van der Waals surface area contributed by atoms with Gasteiger partial charge in [0.15, 0.2) is 5.60 Å². The minimum atomic E-state index is -1.17. The molecule has 0 saturated carbocycles. The van der Waals surface area contributed by atoms with Crippen LogP contribution in [0.3, 0.4) is 0 Å². The predicted molar refractivity (Wildman–Crippen MR) is 142 cm³/mol. The Balaban J connectivity index is 1.60. The predicted octanol–water partition coefficient (Wildman–Crippen LogP) is 6.27. The third kappa shape index (κ3) is 3.19. The molecule has 0 aliphatic carbocycles. The van der Waals surface area contributed by atoms with Crippen molar-refractivity contribution >= 4 is 17.3 Å². The molecule has 5 heteroatoms. The van der Waals surface area contributed by atoms with Gasteiger partial charge in [0.2, 0.25) is 0 Å². The Kier molecular flexibility index (Phi) is 5.22. The maximum atomic E-state index is 13.2. The molecule has 1 unspecified atom stereocenters. The number of hydrogen-bond donors (Lipinski definition) is 1. The first-order valence-corrected chi connectivity index (χ1v) is 12.4. The fourth-order valence-electron chi connectivity index (χ4n) is 5.59. The standard InChI is InChI=1S/C31H28N2O3/c1-3-33(4-2)22-15-16-25-27(19-22)35-26-17-14-21(18-20-10-6-5-7-11-20)29(32)28(26)31(25)24-13-9-8-12-23(24)30(34)36-31/h5-17,19H,3-4,18,32H2,1-2H3. The zero-order chi connectivity index (χ0) is 24.9. The van der Waals surface area contributed by atoms with Crippen molar-refractivity contribution in [1.29, 1.82) is 0 Å². The average Bonchev–Trinajstić information content (AvgIpc) is 3.19. The van der Waals surface area contributed by atoms with E-state index in [1.807, 2.05) is 66.7 Å². The Hall–Kier alpha value is -4.25. The number of rotatable bonds is 5. The molecule has 0 bridgehead atoms. The summed E-state index contributed by atoms with van der Waals surface area (Å²) in [7, 11) is 0. The number of carbonyl (C=O) groups is 1. The van der Waals surface area contributed by atoms with E-state index in [1.54, 1.807) is 0 Å². The summed E-state index contributed by atoms with van der Waals surface area (Å²) in [4.78, 5) is 15.5. The minimum absolute atomic E-state index is 0.356. The number of fused-ring (bicyclic) bond motifs is 6. The van der Waals surface area contributed by atoms with Crippen LogP contribution < -0.4 is 15.4 Å². The summed E-state index contributed by atoms with van der Waals surface area (Å²) in [5.74, 6) is 0.926. The quantitative estimate of drug-likeness (QED) is 0.272. The number of benzene rings is 4. The first kappa shape index (κ1) is 22.2. The van der Waals surface area contributed by atoms with Crippen LogP contribution in [0.4, 0.5) is 11.4 Å². The van der Waals surface area contributed by atoms with Crippen molar-refractivity contribution in [3.63, 3.8) is 0 Å². The molecule has 2 heterocycles. The lowest BCUT2D eigenvalue weighted by Crippen LogP contribution is -2.34. The summed E-state index contributed by atoms with van der Waals surface area (Å²) in [5.41, 5.74) is 12.3. The van der Waals surface area contributed by atoms with Crippen LogP contribution in [0.15, 0.2) is 84.9 Å². The van der Waals surface area contributed by atoms with E-state index in [4.69, 9.17) is 15.2 Å². The molecule has 0 amide bonds. The molecule has 0 radical (unpaired) electrons. The molecule has 6 rings (SSSR count). The van der Waals surface area contributed by atoms with Crippen LogP contribution in [-0.2, 0) is 16.8 Å². The normalized spacial score (nSPS) is 17.1. The molecule has 0 fully saturated rings. The SMILES string of the molecule is CCN(CC)c1ccc2c(c1)Oc1ccc(Cc3ccccc3)c(N)c1C21OC(=O)c2ccccc21. The van der Waals surface area contributed by atoms with Gasteiger partial charge in [0.25, 0.3) is 0 Å². The van der Waals surface area contributed by atoms with E-state index >= 15 is 0 Å². The van der Waals surface area contributed by atoms with Gasteiger partial charge in [0.1, 0.15) is 11.5 Å². The van der Waals surface area contributed by atoms with Crippen molar-refractivity contribution in [3.8, 4) is 11.5 Å². The molecule has 0 aromatic heterocycles. The summed E-state index contributed by atoms with van der Waals surface area (Å²) in [5, 5.41) is 0. The topological polar surface area (TPSA) is 64.8 Å². The Bertz CT molecular complexity index is 1480. The van der Waals surface area contributed by atoms with Crippen LogP contribution in [0.5, 0.6) is 11.5 Å². The van der Waals surface area contributed by atoms with E-state index in [0.717, 1.165) is 41.0 Å². The van der Waals surface area contributed by atoms with Crippen molar-refractivity contribution in [2.24, 2.45) is 0 Å². The fraction of sp³-hybridized carbons (Fsp3) is 0.194. The van der Waals surface area contributed by atoms with Crippen molar-refractivity contribution in [2.45, 2.75) is 25.9 Å². The molecule has 2 aliphatic rings. The molecule has 1 atom stereocenters. The highest BCUT2D eigenvalue weighted by atomic mass is 16.6. The van der Waals surface area contributed by atoms with Gasteiger partial charge in [0.05, 0.1) is 11.1 Å². The van der Waals surface area contributed by atoms with Crippen molar-refractivity contribution in [3.05, 3.63) is 118 Å².